The summed E-state index contributed by atoms with van der Waals surface area (Å²) in [5, 5.41) is 2.14. The second-order valence-corrected chi connectivity index (χ2v) is 2.73. The Balaban J connectivity index is 2.72. The van der Waals surface area contributed by atoms with E-state index in [0.717, 1.165) is 0 Å². The van der Waals surface area contributed by atoms with E-state index in [4.69, 9.17) is 5.73 Å². The first-order valence-corrected chi connectivity index (χ1v) is 3.78. The summed E-state index contributed by atoms with van der Waals surface area (Å²) in [7, 11) is 0. The van der Waals surface area contributed by atoms with Gasteiger partial charge in [0.1, 0.15) is 12.4 Å². The first-order valence-electron chi connectivity index (χ1n) is 3.78. The van der Waals surface area contributed by atoms with Crippen LogP contribution in [0.3, 0.4) is 0 Å². The van der Waals surface area contributed by atoms with Crippen LogP contribution in [0.4, 0.5) is 24.9 Å². The summed E-state index contributed by atoms with van der Waals surface area (Å²) >= 11 is 0. The second kappa shape index (κ2) is 3.69. The van der Waals surface area contributed by atoms with E-state index in [1.54, 1.807) is 6.92 Å². The highest BCUT2D eigenvalue weighted by atomic mass is 19.4. The van der Waals surface area contributed by atoms with E-state index in [9.17, 15) is 13.2 Å². The summed E-state index contributed by atoms with van der Waals surface area (Å²) in [4.78, 5) is 7.26. The average molecular weight is 206 g/mol. The molecular weight excluding hydrogens is 197 g/mol. The molecule has 0 bridgehead atoms. The lowest BCUT2D eigenvalue weighted by Crippen LogP contribution is -2.22. The number of anilines is 2. The zero-order valence-electron chi connectivity index (χ0n) is 7.39. The minimum absolute atomic E-state index is 0.0553. The highest BCUT2D eigenvalue weighted by Crippen LogP contribution is 2.17. The van der Waals surface area contributed by atoms with E-state index in [-0.39, 0.29) is 11.8 Å². The largest absolute Gasteiger partial charge is 0.405 e. The summed E-state index contributed by atoms with van der Waals surface area (Å²) in [5.41, 5.74) is 5.74. The fourth-order valence-corrected chi connectivity index (χ4v) is 0.819. The average Bonchev–Trinajstić information content (AvgIpc) is 2.05. The molecule has 0 amide bonds. The number of rotatable bonds is 2. The highest BCUT2D eigenvalue weighted by molar-refractivity contribution is 5.45. The highest BCUT2D eigenvalue weighted by Gasteiger charge is 2.27. The van der Waals surface area contributed by atoms with Crippen molar-refractivity contribution in [1.29, 1.82) is 0 Å². The summed E-state index contributed by atoms with van der Waals surface area (Å²) < 4.78 is 35.5. The molecule has 0 aliphatic rings. The van der Waals surface area contributed by atoms with Gasteiger partial charge in [-0.3, -0.25) is 0 Å². The van der Waals surface area contributed by atoms with Crippen LogP contribution in [0.25, 0.3) is 0 Å². The normalized spacial score (nSPS) is 11.4. The molecule has 1 heterocycles. The van der Waals surface area contributed by atoms with Gasteiger partial charge in [0.25, 0.3) is 0 Å². The Bertz CT molecular complexity index is 323. The third-order valence-corrected chi connectivity index (χ3v) is 1.45. The SMILES string of the molecule is Cc1cnc(N)nc1NCC(F)(F)F. The minimum atomic E-state index is -4.27. The van der Waals surface area contributed by atoms with Crippen LogP contribution in [0.15, 0.2) is 6.20 Å². The number of hydrogen-bond acceptors (Lipinski definition) is 4. The van der Waals surface area contributed by atoms with Crippen molar-refractivity contribution >= 4 is 11.8 Å². The van der Waals surface area contributed by atoms with E-state index in [1.165, 1.54) is 6.20 Å². The van der Waals surface area contributed by atoms with Crippen LogP contribution in [-0.2, 0) is 0 Å². The molecule has 4 nitrogen and oxygen atoms in total. The van der Waals surface area contributed by atoms with Crippen molar-refractivity contribution in [2.24, 2.45) is 0 Å². The zero-order chi connectivity index (χ0) is 10.8. The smallest absolute Gasteiger partial charge is 0.368 e. The molecule has 0 radical (unpaired) electrons. The fourth-order valence-electron chi connectivity index (χ4n) is 0.819. The Morgan fingerprint density at radius 2 is 2.14 bits per heavy atom. The van der Waals surface area contributed by atoms with Gasteiger partial charge in [-0.15, -0.1) is 0 Å². The van der Waals surface area contributed by atoms with Crippen molar-refractivity contribution < 1.29 is 13.2 Å². The summed E-state index contributed by atoms with van der Waals surface area (Å²) in [6, 6.07) is 0. The maximum absolute atomic E-state index is 11.8. The number of nitrogen functional groups attached to an aromatic ring is 1. The lowest BCUT2D eigenvalue weighted by molar-refractivity contribution is -0.115. The number of nitrogens with one attached hydrogen (secondary N) is 1. The first-order chi connectivity index (χ1) is 6.38. The van der Waals surface area contributed by atoms with E-state index < -0.39 is 12.7 Å². The van der Waals surface area contributed by atoms with Gasteiger partial charge in [-0.25, -0.2) is 4.98 Å². The number of halogens is 3. The van der Waals surface area contributed by atoms with Crippen molar-refractivity contribution in [3.63, 3.8) is 0 Å². The van der Waals surface area contributed by atoms with E-state index >= 15 is 0 Å². The topological polar surface area (TPSA) is 63.8 Å². The van der Waals surface area contributed by atoms with Gasteiger partial charge >= 0.3 is 6.18 Å². The number of aromatic nitrogens is 2. The maximum atomic E-state index is 11.8. The van der Waals surface area contributed by atoms with Gasteiger partial charge in [-0.1, -0.05) is 0 Å². The molecule has 14 heavy (non-hydrogen) atoms. The molecule has 1 rings (SSSR count). The Kier molecular flexibility index (Phi) is 2.78. The van der Waals surface area contributed by atoms with Gasteiger partial charge < -0.3 is 11.1 Å². The Hall–Kier alpha value is -1.53. The lowest BCUT2D eigenvalue weighted by Gasteiger charge is -2.10. The number of aryl methyl sites for hydroxylation is 1. The van der Waals surface area contributed by atoms with Gasteiger partial charge in [0.2, 0.25) is 5.95 Å². The molecule has 0 aliphatic carbocycles. The number of nitrogens with two attached hydrogens (primary N) is 1. The van der Waals surface area contributed by atoms with E-state index in [2.05, 4.69) is 15.3 Å². The lowest BCUT2D eigenvalue weighted by atomic mass is 10.3. The van der Waals surface area contributed by atoms with Crippen LogP contribution in [0.2, 0.25) is 0 Å². The van der Waals surface area contributed by atoms with Gasteiger partial charge in [-0.05, 0) is 6.92 Å². The molecule has 0 saturated carbocycles. The van der Waals surface area contributed by atoms with Crippen molar-refractivity contribution in [3.8, 4) is 0 Å². The van der Waals surface area contributed by atoms with Gasteiger partial charge in [0.05, 0.1) is 0 Å². The summed E-state index contributed by atoms with van der Waals surface area (Å²) in [5.74, 6) is 0.0510. The molecule has 0 aliphatic heterocycles. The van der Waals surface area contributed by atoms with Crippen LogP contribution >= 0.6 is 0 Å². The second-order valence-electron chi connectivity index (χ2n) is 2.73. The van der Waals surface area contributed by atoms with Gasteiger partial charge in [-0.2, -0.15) is 18.2 Å². The third-order valence-electron chi connectivity index (χ3n) is 1.45. The molecule has 0 fully saturated rings. The molecule has 1 aromatic rings. The summed E-state index contributed by atoms with van der Waals surface area (Å²) in [6.07, 6.45) is -2.91. The molecule has 3 N–H and O–H groups in total. The van der Waals surface area contributed by atoms with Crippen LogP contribution < -0.4 is 11.1 Å². The summed E-state index contributed by atoms with van der Waals surface area (Å²) in [6.45, 7) is 0.461. The molecule has 78 valence electrons. The quantitative estimate of drug-likeness (QED) is 0.766. The fraction of sp³-hybridized carbons (Fsp3) is 0.429. The monoisotopic (exact) mass is 206 g/mol. The molecule has 0 spiro atoms. The molecule has 7 heteroatoms. The van der Waals surface area contributed by atoms with E-state index in [0.29, 0.717) is 5.56 Å². The molecule has 0 unspecified atom stereocenters. The van der Waals surface area contributed by atoms with Crippen molar-refractivity contribution in [3.05, 3.63) is 11.8 Å². The van der Waals surface area contributed by atoms with Crippen molar-refractivity contribution in [1.82, 2.24) is 9.97 Å². The standard InChI is InChI=1S/C7H9F3N4/c1-4-2-12-6(11)14-5(4)13-3-7(8,9)10/h2H,3H2,1H3,(H3,11,12,13,14). The predicted molar refractivity (Wildman–Crippen MR) is 45.7 cm³/mol. The molecule has 1 aromatic heterocycles. The molecular formula is C7H9F3N4. The van der Waals surface area contributed by atoms with Crippen molar-refractivity contribution in [2.45, 2.75) is 13.1 Å². The Morgan fingerprint density at radius 3 is 2.71 bits per heavy atom. The van der Waals surface area contributed by atoms with Crippen LogP contribution in [0.1, 0.15) is 5.56 Å². The van der Waals surface area contributed by atoms with Gasteiger partial charge in [0, 0.05) is 11.8 Å². The zero-order valence-corrected chi connectivity index (χ0v) is 7.39. The first kappa shape index (κ1) is 10.6. The predicted octanol–water partition coefficient (Wildman–Crippen LogP) is 1.34. The maximum Gasteiger partial charge on any atom is 0.405 e. The molecule has 0 atom stereocenters. The van der Waals surface area contributed by atoms with Crippen LogP contribution in [-0.4, -0.2) is 22.7 Å². The Morgan fingerprint density at radius 1 is 1.50 bits per heavy atom. The van der Waals surface area contributed by atoms with Crippen LogP contribution in [0, 0.1) is 6.92 Å². The van der Waals surface area contributed by atoms with Gasteiger partial charge in [0.15, 0.2) is 0 Å². The van der Waals surface area contributed by atoms with Crippen molar-refractivity contribution in [2.75, 3.05) is 17.6 Å². The molecule has 0 saturated heterocycles. The van der Waals surface area contributed by atoms with E-state index in [1.807, 2.05) is 0 Å². The number of hydrogen-bond donors (Lipinski definition) is 2. The number of alkyl halides is 3. The Labute approximate surface area is 78.4 Å². The number of nitrogens with zero attached hydrogens (tertiary/aromatic N) is 2. The van der Waals surface area contributed by atoms with Crippen LogP contribution in [0.5, 0.6) is 0 Å². The third kappa shape index (κ3) is 3.08. The molecule has 0 aromatic carbocycles. The minimum Gasteiger partial charge on any atom is -0.368 e.